The molecule has 2 aromatic carbocycles. The zero-order valence-electron chi connectivity index (χ0n) is 11.9. The fraction of sp³-hybridized carbons (Fsp3) is 0.0588. The molecule has 22 heavy (non-hydrogen) atoms. The predicted molar refractivity (Wildman–Crippen MR) is 82.4 cm³/mol. The van der Waals surface area contributed by atoms with Gasteiger partial charge in [0.2, 0.25) is 0 Å². The van der Waals surface area contributed by atoms with Crippen molar-refractivity contribution < 1.29 is 15.0 Å². The van der Waals surface area contributed by atoms with Crippen LogP contribution < -0.4 is 0 Å². The van der Waals surface area contributed by atoms with Crippen molar-refractivity contribution in [3.8, 4) is 22.7 Å². The number of aromatic nitrogens is 2. The number of nitrogens with zero attached hydrogens (tertiary/aromatic N) is 2. The van der Waals surface area contributed by atoms with E-state index in [4.69, 9.17) is 0 Å². The third-order valence-electron chi connectivity index (χ3n) is 3.34. The maximum absolute atomic E-state index is 11.2. The van der Waals surface area contributed by atoms with Crippen LogP contribution >= 0.6 is 0 Å². The number of rotatable bonds is 3. The first-order valence-electron chi connectivity index (χ1n) is 6.74. The highest BCUT2D eigenvalue weighted by Gasteiger charge is 2.16. The standard InChI is InChI=1S/C17H14N2O3/c1-11-3-2-4-13(9-11)19-16(10-15(18-19)17(21)22)12-5-7-14(20)8-6-12/h2-10,20H,1H3,(H,21,22). The van der Waals surface area contributed by atoms with Crippen molar-refractivity contribution in [2.75, 3.05) is 0 Å². The van der Waals surface area contributed by atoms with Crippen LogP contribution in [0.4, 0.5) is 0 Å². The number of phenols is 1. The highest BCUT2D eigenvalue weighted by molar-refractivity contribution is 5.87. The van der Waals surface area contributed by atoms with Gasteiger partial charge in [-0.2, -0.15) is 5.10 Å². The van der Waals surface area contributed by atoms with Crippen molar-refractivity contribution in [2.45, 2.75) is 6.92 Å². The minimum atomic E-state index is -1.08. The van der Waals surface area contributed by atoms with Crippen LogP contribution in [0.2, 0.25) is 0 Å². The van der Waals surface area contributed by atoms with Gasteiger partial charge in [-0.3, -0.25) is 0 Å². The molecular weight excluding hydrogens is 280 g/mol. The molecule has 0 amide bonds. The topological polar surface area (TPSA) is 75.4 Å². The summed E-state index contributed by atoms with van der Waals surface area (Å²) in [5.74, 6) is -0.921. The van der Waals surface area contributed by atoms with Gasteiger partial charge in [0.25, 0.3) is 0 Å². The van der Waals surface area contributed by atoms with Gasteiger partial charge in [-0.05, 0) is 55.0 Å². The number of hydrogen-bond acceptors (Lipinski definition) is 3. The first kappa shape index (κ1) is 13.9. The van der Waals surface area contributed by atoms with E-state index in [0.717, 1.165) is 16.8 Å². The van der Waals surface area contributed by atoms with Gasteiger partial charge in [-0.1, -0.05) is 12.1 Å². The summed E-state index contributed by atoms with van der Waals surface area (Å²) in [6.07, 6.45) is 0. The van der Waals surface area contributed by atoms with Gasteiger partial charge >= 0.3 is 5.97 Å². The Morgan fingerprint density at radius 2 is 1.82 bits per heavy atom. The fourth-order valence-electron chi connectivity index (χ4n) is 2.28. The number of benzene rings is 2. The van der Waals surface area contributed by atoms with Crippen LogP contribution in [-0.2, 0) is 0 Å². The molecule has 0 spiro atoms. The van der Waals surface area contributed by atoms with Crippen LogP contribution in [0.15, 0.2) is 54.6 Å². The number of aryl methyl sites for hydroxylation is 1. The zero-order chi connectivity index (χ0) is 15.7. The molecule has 1 heterocycles. The second kappa shape index (κ2) is 5.37. The molecule has 0 aliphatic carbocycles. The molecule has 1 aromatic heterocycles. The lowest BCUT2D eigenvalue weighted by Gasteiger charge is -2.08. The van der Waals surface area contributed by atoms with E-state index in [0.29, 0.717) is 5.69 Å². The van der Waals surface area contributed by atoms with Crippen molar-refractivity contribution in [2.24, 2.45) is 0 Å². The molecule has 0 atom stereocenters. The molecule has 3 rings (SSSR count). The van der Waals surface area contributed by atoms with E-state index in [9.17, 15) is 15.0 Å². The highest BCUT2D eigenvalue weighted by Crippen LogP contribution is 2.26. The maximum Gasteiger partial charge on any atom is 0.356 e. The molecule has 0 saturated carbocycles. The lowest BCUT2D eigenvalue weighted by Crippen LogP contribution is -2.02. The van der Waals surface area contributed by atoms with Gasteiger partial charge in [0.15, 0.2) is 5.69 Å². The molecule has 0 fully saturated rings. The Balaban J connectivity index is 2.20. The number of aromatic carboxylic acids is 1. The molecule has 5 nitrogen and oxygen atoms in total. The first-order chi connectivity index (χ1) is 10.5. The SMILES string of the molecule is Cc1cccc(-n2nc(C(=O)O)cc2-c2ccc(O)cc2)c1. The van der Waals surface area contributed by atoms with E-state index in [1.165, 1.54) is 6.07 Å². The quantitative estimate of drug-likeness (QED) is 0.777. The molecule has 3 aromatic rings. The van der Waals surface area contributed by atoms with Crippen molar-refractivity contribution >= 4 is 5.97 Å². The van der Waals surface area contributed by atoms with E-state index in [1.54, 1.807) is 28.9 Å². The highest BCUT2D eigenvalue weighted by atomic mass is 16.4. The molecule has 110 valence electrons. The fourth-order valence-corrected chi connectivity index (χ4v) is 2.28. The van der Waals surface area contributed by atoms with Crippen LogP contribution in [0.25, 0.3) is 16.9 Å². The third kappa shape index (κ3) is 2.56. The van der Waals surface area contributed by atoms with Gasteiger partial charge in [-0.25, -0.2) is 9.48 Å². The van der Waals surface area contributed by atoms with Crippen LogP contribution in [0.1, 0.15) is 16.1 Å². The van der Waals surface area contributed by atoms with Crippen molar-refractivity contribution in [1.82, 2.24) is 9.78 Å². The van der Waals surface area contributed by atoms with Crippen molar-refractivity contribution in [3.63, 3.8) is 0 Å². The molecule has 2 N–H and O–H groups in total. The average molecular weight is 294 g/mol. The maximum atomic E-state index is 11.2. The summed E-state index contributed by atoms with van der Waals surface area (Å²) in [4.78, 5) is 11.2. The van der Waals surface area contributed by atoms with Crippen LogP contribution in [0, 0.1) is 6.92 Å². The van der Waals surface area contributed by atoms with E-state index in [2.05, 4.69) is 5.10 Å². The Labute approximate surface area is 127 Å². The lowest BCUT2D eigenvalue weighted by atomic mass is 10.1. The van der Waals surface area contributed by atoms with Crippen LogP contribution in [-0.4, -0.2) is 26.0 Å². The van der Waals surface area contributed by atoms with Crippen molar-refractivity contribution in [3.05, 3.63) is 65.9 Å². The van der Waals surface area contributed by atoms with Crippen LogP contribution in [0.3, 0.4) is 0 Å². The summed E-state index contributed by atoms with van der Waals surface area (Å²) in [6, 6.07) is 15.8. The van der Waals surface area contributed by atoms with Gasteiger partial charge < -0.3 is 10.2 Å². The predicted octanol–water partition coefficient (Wildman–Crippen LogP) is 3.25. The monoisotopic (exact) mass is 294 g/mol. The van der Waals surface area contributed by atoms with E-state index >= 15 is 0 Å². The summed E-state index contributed by atoms with van der Waals surface area (Å²) >= 11 is 0. The number of carboxylic acids is 1. The smallest absolute Gasteiger partial charge is 0.356 e. The summed E-state index contributed by atoms with van der Waals surface area (Å²) in [7, 11) is 0. The van der Waals surface area contributed by atoms with Gasteiger partial charge in [0.1, 0.15) is 5.75 Å². The molecule has 0 unspecified atom stereocenters. The summed E-state index contributed by atoms with van der Waals surface area (Å²) in [5.41, 5.74) is 3.25. The zero-order valence-corrected chi connectivity index (χ0v) is 11.9. The molecule has 5 heteroatoms. The van der Waals surface area contributed by atoms with E-state index in [1.807, 2.05) is 31.2 Å². The Morgan fingerprint density at radius 3 is 2.45 bits per heavy atom. The summed E-state index contributed by atoms with van der Waals surface area (Å²) < 4.78 is 1.60. The van der Waals surface area contributed by atoms with Gasteiger partial charge in [-0.15, -0.1) is 0 Å². The molecular formula is C17H14N2O3. The van der Waals surface area contributed by atoms with Gasteiger partial charge in [0, 0.05) is 5.56 Å². The van der Waals surface area contributed by atoms with E-state index < -0.39 is 5.97 Å². The number of phenolic OH excluding ortho intramolecular Hbond substituents is 1. The second-order valence-corrected chi connectivity index (χ2v) is 5.02. The number of aromatic hydroxyl groups is 1. The molecule has 0 radical (unpaired) electrons. The largest absolute Gasteiger partial charge is 0.508 e. The minimum Gasteiger partial charge on any atom is -0.508 e. The summed E-state index contributed by atoms with van der Waals surface area (Å²) in [5, 5.41) is 22.8. The van der Waals surface area contributed by atoms with Crippen LogP contribution in [0.5, 0.6) is 5.75 Å². The summed E-state index contributed by atoms with van der Waals surface area (Å²) in [6.45, 7) is 1.96. The molecule has 0 bridgehead atoms. The number of hydrogen-bond donors (Lipinski definition) is 2. The first-order valence-corrected chi connectivity index (χ1v) is 6.74. The Kier molecular flexibility index (Phi) is 3.39. The normalized spacial score (nSPS) is 10.6. The molecule has 0 aliphatic rings. The third-order valence-corrected chi connectivity index (χ3v) is 3.34. The van der Waals surface area contributed by atoms with Gasteiger partial charge in [0.05, 0.1) is 11.4 Å². The molecule has 0 saturated heterocycles. The second-order valence-electron chi connectivity index (χ2n) is 5.02. The van der Waals surface area contributed by atoms with E-state index in [-0.39, 0.29) is 11.4 Å². The number of carbonyl (C=O) groups is 1. The number of carboxylic acid groups (broad SMARTS) is 1. The Morgan fingerprint density at radius 1 is 1.09 bits per heavy atom. The minimum absolute atomic E-state index is 0.0235. The average Bonchev–Trinajstić information content (AvgIpc) is 2.93. The Bertz CT molecular complexity index is 835. The Hall–Kier alpha value is -3.08. The lowest BCUT2D eigenvalue weighted by molar-refractivity contribution is 0.0690. The molecule has 0 aliphatic heterocycles. The van der Waals surface area contributed by atoms with Crippen molar-refractivity contribution in [1.29, 1.82) is 0 Å².